The summed E-state index contributed by atoms with van der Waals surface area (Å²) in [5.74, 6) is -0.807. The second-order valence-electron chi connectivity index (χ2n) is 2.87. The fourth-order valence-corrected chi connectivity index (χ4v) is 2.15. The number of carboxylic acids is 1. The highest BCUT2D eigenvalue weighted by molar-refractivity contribution is 7.09. The summed E-state index contributed by atoms with van der Waals surface area (Å²) in [6.07, 6.45) is 1.63. The van der Waals surface area contributed by atoms with Gasteiger partial charge >= 0.3 is 5.97 Å². The summed E-state index contributed by atoms with van der Waals surface area (Å²) in [5.41, 5.74) is 1.66. The molecule has 0 saturated heterocycles. The predicted molar refractivity (Wildman–Crippen MR) is 55.4 cm³/mol. The molecule has 0 aliphatic carbocycles. The van der Waals surface area contributed by atoms with Gasteiger partial charge in [-0.05, 0) is 13.1 Å². The smallest absolute Gasteiger partial charge is 0.326 e. The van der Waals surface area contributed by atoms with E-state index in [1.54, 1.807) is 11.7 Å². The Balaban J connectivity index is 2.89. The van der Waals surface area contributed by atoms with Gasteiger partial charge in [0.2, 0.25) is 0 Å². The molecule has 0 saturated carbocycles. The zero-order valence-corrected chi connectivity index (χ0v) is 9.12. The van der Waals surface area contributed by atoms with Gasteiger partial charge < -0.3 is 5.11 Å². The Morgan fingerprint density at radius 3 is 2.64 bits per heavy atom. The molecule has 1 aromatic rings. The molecule has 1 rings (SSSR count). The lowest BCUT2D eigenvalue weighted by molar-refractivity contribution is -0.143. The molecule has 0 aliphatic heterocycles. The Bertz CT molecular complexity index is 283. The molecule has 4 nitrogen and oxygen atoms in total. The Labute approximate surface area is 87.2 Å². The third kappa shape index (κ3) is 2.30. The van der Waals surface area contributed by atoms with Gasteiger partial charge in [0.05, 0.1) is 10.4 Å². The van der Waals surface area contributed by atoms with Gasteiger partial charge in [0.25, 0.3) is 0 Å². The molecule has 0 spiro atoms. The monoisotopic (exact) mass is 214 g/mol. The van der Waals surface area contributed by atoms with Crippen LogP contribution in [0.2, 0.25) is 0 Å². The lowest BCUT2D eigenvalue weighted by Gasteiger charge is -2.24. The second-order valence-corrected chi connectivity index (χ2v) is 3.78. The van der Waals surface area contributed by atoms with Crippen LogP contribution in [0.1, 0.15) is 24.8 Å². The van der Waals surface area contributed by atoms with Crippen LogP contribution in [0, 0.1) is 0 Å². The van der Waals surface area contributed by atoms with Crippen LogP contribution in [-0.2, 0) is 4.79 Å². The highest BCUT2D eigenvalue weighted by atomic mass is 32.1. The molecule has 0 aliphatic rings. The summed E-state index contributed by atoms with van der Waals surface area (Å²) < 4.78 is 0. The first-order valence-corrected chi connectivity index (χ1v) is 5.43. The highest BCUT2D eigenvalue weighted by Gasteiger charge is 2.26. The number of hydrogen-bond acceptors (Lipinski definition) is 4. The molecule has 0 fully saturated rings. The Kier molecular flexibility index (Phi) is 4.03. The van der Waals surface area contributed by atoms with Crippen molar-refractivity contribution in [3.8, 4) is 0 Å². The number of likely N-dealkylation sites (N-methyl/N-ethyl adjacent to an activating group) is 1. The first kappa shape index (κ1) is 11.1. The van der Waals surface area contributed by atoms with Crippen LogP contribution in [0.4, 0.5) is 0 Å². The number of hydrogen-bond donors (Lipinski definition) is 1. The molecule has 0 bridgehead atoms. The second kappa shape index (κ2) is 5.07. The van der Waals surface area contributed by atoms with E-state index in [0.29, 0.717) is 0 Å². The standard InChI is InChI=1S/C9H14N2O2S/c1-3-11(4-2)8(9(12)13)7-5-10-6-14-7/h5-6,8H,3-4H2,1-2H3,(H,12,13). The van der Waals surface area contributed by atoms with Crippen LogP contribution >= 0.6 is 11.3 Å². The number of rotatable bonds is 5. The van der Waals surface area contributed by atoms with Crippen LogP contribution in [0.5, 0.6) is 0 Å². The van der Waals surface area contributed by atoms with Crippen molar-refractivity contribution in [3.05, 3.63) is 16.6 Å². The van der Waals surface area contributed by atoms with Gasteiger partial charge in [-0.25, -0.2) is 0 Å². The molecular weight excluding hydrogens is 200 g/mol. The maximum absolute atomic E-state index is 11.1. The maximum Gasteiger partial charge on any atom is 0.326 e. The van der Waals surface area contributed by atoms with Crippen LogP contribution in [0.25, 0.3) is 0 Å². The summed E-state index contributed by atoms with van der Waals surface area (Å²) >= 11 is 1.38. The molecule has 78 valence electrons. The Hall–Kier alpha value is -0.940. The number of carbonyl (C=O) groups is 1. The molecule has 1 N–H and O–H groups in total. The van der Waals surface area contributed by atoms with Crippen LogP contribution < -0.4 is 0 Å². The van der Waals surface area contributed by atoms with Gasteiger partial charge in [0.1, 0.15) is 6.04 Å². The van der Waals surface area contributed by atoms with Crippen molar-refractivity contribution in [2.24, 2.45) is 0 Å². The van der Waals surface area contributed by atoms with E-state index in [1.165, 1.54) is 11.3 Å². The first-order chi connectivity index (χ1) is 6.70. The molecule has 14 heavy (non-hydrogen) atoms. The lowest BCUT2D eigenvalue weighted by Crippen LogP contribution is -2.33. The number of thiazole rings is 1. The van der Waals surface area contributed by atoms with E-state index >= 15 is 0 Å². The first-order valence-electron chi connectivity index (χ1n) is 4.55. The van der Waals surface area contributed by atoms with E-state index in [0.717, 1.165) is 18.0 Å². The minimum absolute atomic E-state index is 0.544. The number of aromatic nitrogens is 1. The summed E-state index contributed by atoms with van der Waals surface area (Å²) in [4.78, 5) is 17.7. The largest absolute Gasteiger partial charge is 0.480 e. The molecule has 0 amide bonds. The van der Waals surface area contributed by atoms with Crippen molar-refractivity contribution in [1.82, 2.24) is 9.88 Å². The summed E-state index contributed by atoms with van der Waals surface area (Å²) in [5, 5.41) is 9.11. The highest BCUT2D eigenvalue weighted by Crippen LogP contribution is 2.23. The quantitative estimate of drug-likeness (QED) is 0.809. The third-order valence-corrected chi connectivity index (χ3v) is 2.96. The average Bonchev–Trinajstić information content (AvgIpc) is 2.65. The van der Waals surface area contributed by atoms with Gasteiger partial charge in [-0.2, -0.15) is 0 Å². The van der Waals surface area contributed by atoms with E-state index in [1.807, 2.05) is 18.7 Å². The number of carboxylic acid groups (broad SMARTS) is 1. The van der Waals surface area contributed by atoms with Crippen LogP contribution in [-0.4, -0.2) is 34.0 Å². The summed E-state index contributed by atoms with van der Waals surface area (Å²) in [6.45, 7) is 5.37. The minimum atomic E-state index is -0.807. The molecule has 1 aromatic heterocycles. The predicted octanol–water partition coefficient (Wildman–Crippen LogP) is 1.61. The van der Waals surface area contributed by atoms with E-state index < -0.39 is 12.0 Å². The van der Waals surface area contributed by atoms with Crippen molar-refractivity contribution in [2.75, 3.05) is 13.1 Å². The van der Waals surface area contributed by atoms with Crippen LogP contribution in [0.3, 0.4) is 0 Å². The maximum atomic E-state index is 11.1. The van der Waals surface area contributed by atoms with Crippen molar-refractivity contribution >= 4 is 17.3 Å². The van der Waals surface area contributed by atoms with Gasteiger partial charge in [0, 0.05) is 6.20 Å². The van der Waals surface area contributed by atoms with E-state index in [2.05, 4.69) is 4.98 Å². The van der Waals surface area contributed by atoms with Crippen molar-refractivity contribution in [3.63, 3.8) is 0 Å². The van der Waals surface area contributed by atoms with Gasteiger partial charge in [-0.3, -0.25) is 14.7 Å². The fraction of sp³-hybridized carbons (Fsp3) is 0.556. The third-order valence-electron chi connectivity index (χ3n) is 2.13. The summed E-state index contributed by atoms with van der Waals surface area (Å²) in [7, 11) is 0. The van der Waals surface area contributed by atoms with Crippen molar-refractivity contribution in [2.45, 2.75) is 19.9 Å². The summed E-state index contributed by atoms with van der Waals surface area (Å²) in [6, 6.07) is -0.544. The fourth-order valence-electron chi connectivity index (χ4n) is 1.41. The molecule has 1 atom stereocenters. The molecular formula is C9H14N2O2S. The molecule has 1 heterocycles. The van der Waals surface area contributed by atoms with Gasteiger partial charge in [0.15, 0.2) is 0 Å². The minimum Gasteiger partial charge on any atom is -0.480 e. The number of aliphatic carboxylic acids is 1. The van der Waals surface area contributed by atoms with E-state index in [-0.39, 0.29) is 0 Å². The average molecular weight is 214 g/mol. The molecule has 0 radical (unpaired) electrons. The van der Waals surface area contributed by atoms with Crippen molar-refractivity contribution < 1.29 is 9.90 Å². The lowest BCUT2D eigenvalue weighted by atomic mass is 10.2. The van der Waals surface area contributed by atoms with Gasteiger partial charge in [-0.15, -0.1) is 11.3 Å². The zero-order chi connectivity index (χ0) is 10.6. The SMILES string of the molecule is CCN(CC)C(C(=O)O)c1cncs1. The molecule has 1 unspecified atom stereocenters. The molecule has 5 heteroatoms. The topological polar surface area (TPSA) is 53.4 Å². The normalized spacial score (nSPS) is 13.1. The molecule has 0 aromatic carbocycles. The Morgan fingerprint density at radius 1 is 1.64 bits per heavy atom. The van der Waals surface area contributed by atoms with E-state index in [4.69, 9.17) is 5.11 Å². The zero-order valence-electron chi connectivity index (χ0n) is 8.30. The van der Waals surface area contributed by atoms with E-state index in [9.17, 15) is 4.79 Å². The van der Waals surface area contributed by atoms with Gasteiger partial charge in [-0.1, -0.05) is 13.8 Å². The van der Waals surface area contributed by atoms with Crippen molar-refractivity contribution in [1.29, 1.82) is 0 Å². The van der Waals surface area contributed by atoms with Crippen LogP contribution in [0.15, 0.2) is 11.7 Å². The number of nitrogens with zero attached hydrogens (tertiary/aromatic N) is 2. The Morgan fingerprint density at radius 2 is 2.29 bits per heavy atom.